The molecule has 1 amide bonds. The fourth-order valence-electron chi connectivity index (χ4n) is 1.73. The van der Waals surface area contributed by atoms with Gasteiger partial charge < -0.3 is 5.32 Å². The van der Waals surface area contributed by atoms with E-state index in [1.807, 2.05) is 12.1 Å². The number of nitrogens with one attached hydrogen (secondary N) is 1. The van der Waals surface area contributed by atoms with Crippen molar-refractivity contribution in [1.82, 2.24) is 5.32 Å². The van der Waals surface area contributed by atoms with Gasteiger partial charge in [0.2, 0.25) is 5.91 Å². The van der Waals surface area contributed by atoms with Crippen molar-refractivity contribution in [2.45, 2.75) is 19.3 Å². The van der Waals surface area contributed by atoms with E-state index >= 15 is 0 Å². The summed E-state index contributed by atoms with van der Waals surface area (Å²) in [6.45, 7) is 0.834. The first-order chi connectivity index (χ1) is 6.75. The van der Waals surface area contributed by atoms with E-state index in [1.54, 1.807) is 11.3 Å². The fraction of sp³-hybridized carbons (Fsp3) is 0.500. The van der Waals surface area contributed by atoms with E-state index in [1.165, 1.54) is 4.88 Å². The molecule has 4 heteroatoms. The first-order valence-corrected chi connectivity index (χ1v) is 5.97. The lowest BCUT2D eigenvalue weighted by atomic mass is 9.95. The van der Waals surface area contributed by atoms with Crippen LogP contribution in [0.5, 0.6) is 0 Å². The van der Waals surface area contributed by atoms with E-state index in [0.29, 0.717) is 0 Å². The van der Waals surface area contributed by atoms with E-state index in [2.05, 4.69) is 5.32 Å². The normalized spacial score (nSPS) is 22.1. The highest BCUT2D eigenvalue weighted by atomic mass is 35.5. The van der Waals surface area contributed by atoms with Crippen LogP contribution in [0.1, 0.15) is 17.7 Å². The van der Waals surface area contributed by atoms with Crippen LogP contribution in [0.2, 0.25) is 4.34 Å². The lowest BCUT2D eigenvalue weighted by molar-refractivity contribution is -0.126. The molecule has 2 rings (SSSR count). The summed E-state index contributed by atoms with van der Waals surface area (Å²) in [4.78, 5) is 12.7. The van der Waals surface area contributed by atoms with E-state index in [0.717, 1.165) is 30.1 Å². The van der Waals surface area contributed by atoms with Crippen LogP contribution in [0.3, 0.4) is 0 Å². The average molecular weight is 230 g/mol. The minimum Gasteiger partial charge on any atom is -0.356 e. The predicted octanol–water partition coefficient (Wildman–Crippen LogP) is 2.47. The van der Waals surface area contributed by atoms with Crippen molar-refractivity contribution in [2.75, 3.05) is 6.54 Å². The van der Waals surface area contributed by atoms with Gasteiger partial charge in [-0.15, -0.1) is 11.3 Å². The van der Waals surface area contributed by atoms with Crippen LogP contribution in [0.4, 0.5) is 0 Å². The van der Waals surface area contributed by atoms with Crippen molar-refractivity contribution >= 4 is 28.8 Å². The van der Waals surface area contributed by atoms with Gasteiger partial charge in [-0.25, -0.2) is 0 Å². The molecule has 14 heavy (non-hydrogen) atoms. The van der Waals surface area contributed by atoms with Crippen LogP contribution in [-0.2, 0) is 11.2 Å². The number of hydrogen-bond acceptors (Lipinski definition) is 2. The quantitative estimate of drug-likeness (QED) is 0.830. The van der Waals surface area contributed by atoms with Crippen molar-refractivity contribution in [2.24, 2.45) is 5.92 Å². The Morgan fingerprint density at radius 2 is 2.43 bits per heavy atom. The van der Waals surface area contributed by atoms with Gasteiger partial charge >= 0.3 is 0 Å². The molecule has 0 saturated carbocycles. The van der Waals surface area contributed by atoms with Gasteiger partial charge in [-0.05, 0) is 31.4 Å². The third-order valence-corrected chi connectivity index (χ3v) is 3.73. The molecule has 0 aliphatic carbocycles. The molecule has 1 N–H and O–H groups in total. The largest absolute Gasteiger partial charge is 0.356 e. The summed E-state index contributed by atoms with van der Waals surface area (Å²) in [7, 11) is 0. The summed E-state index contributed by atoms with van der Waals surface area (Å²) in [5, 5.41) is 2.89. The van der Waals surface area contributed by atoms with Gasteiger partial charge in [0, 0.05) is 17.3 Å². The smallest absolute Gasteiger partial charge is 0.223 e. The number of carbonyl (C=O) groups is 1. The maximum Gasteiger partial charge on any atom is 0.223 e. The second kappa shape index (κ2) is 4.32. The Morgan fingerprint density at radius 1 is 1.57 bits per heavy atom. The highest BCUT2D eigenvalue weighted by Gasteiger charge is 2.22. The molecule has 0 radical (unpaired) electrons. The monoisotopic (exact) mass is 229 g/mol. The van der Waals surface area contributed by atoms with Crippen molar-refractivity contribution in [3.8, 4) is 0 Å². The number of piperidine rings is 1. The molecule has 1 aromatic rings. The van der Waals surface area contributed by atoms with Crippen LogP contribution >= 0.6 is 22.9 Å². The van der Waals surface area contributed by atoms with Gasteiger partial charge in [-0.1, -0.05) is 11.6 Å². The van der Waals surface area contributed by atoms with Gasteiger partial charge in [0.1, 0.15) is 0 Å². The van der Waals surface area contributed by atoms with Gasteiger partial charge in [-0.3, -0.25) is 4.79 Å². The van der Waals surface area contributed by atoms with Gasteiger partial charge in [0.05, 0.1) is 4.34 Å². The summed E-state index contributed by atoms with van der Waals surface area (Å²) in [6.07, 6.45) is 2.93. The molecule has 76 valence electrons. The van der Waals surface area contributed by atoms with Crippen molar-refractivity contribution in [1.29, 1.82) is 0 Å². The first kappa shape index (κ1) is 9.99. The van der Waals surface area contributed by atoms with E-state index in [4.69, 9.17) is 11.6 Å². The topological polar surface area (TPSA) is 29.1 Å². The third kappa shape index (κ3) is 2.28. The zero-order chi connectivity index (χ0) is 9.97. The molecule has 2 heterocycles. The Kier molecular flexibility index (Phi) is 3.08. The van der Waals surface area contributed by atoms with Crippen molar-refractivity contribution < 1.29 is 4.79 Å². The molecular weight excluding hydrogens is 218 g/mol. The number of rotatable bonds is 2. The number of carbonyl (C=O) groups excluding carboxylic acids is 1. The van der Waals surface area contributed by atoms with Gasteiger partial charge in [0.15, 0.2) is 0 Å². The standard InChI is InChI=1S/C10H12ClNOS/c11-9-4-3-8(14-9)6-7-2-1-5-12-10(7)13/h3-4,7H,1-2,5-6H2,(H,12,13). The number of hydrogen-bond donors (Lipinski definition) is 1. The SMILES string of the molecule is O=C1NCCCC1Cc1ccc(Cl)s1. The second-order valence-electron chi connectivity index (χ2n) is 3.54. The van der Waals surface area contributed by atoms with Crippen LogP contribution in [0, 0.1) is 5.92 Å². The molecule has 1 aliphatic heterocycles. The molecule has 2 nitrogen and oxygen atoms in total. The molecular formula is C10H12ClNOS. The third-order valence-electron chi connectivity index (χ3n) is 2.48. The summed E-state index contributed by atoms with van der Waals surface area (Å²) in [6, 6.07) is 3.90. The lowest BCUT2D eigenvalue weighted by Crippen LogP contribution is -2.37. The number of thiophene rings is 1. The zero-order valence-electron chi connectivity index (χ0n) is 7.75. The summed E-state index contributed by atoms with van der Waals surface area (Å²) >= 11 is 7.40. The van der Waals surface area contributed by atoms with E-state index in [-0.39, 0.29) is 11.8 Å². The molecule has 0 bridgehead atoms. The van der Waals surface area contributed by atoms with Gasteiger partial charge in [0.25, 0.3) is 0 Å². The summed E-state index contributed by atoms with van der Waals surface area (Å²) < 4.78 is 0.802. The van der Waals surface area contributed by atoms with E-state index < -0.39 is 0 Å². The highest BCUT2D eigenvalue weighted by Crippen LogP contribution is 2.26. The Labute approximate surface area is 92.3 Å². The Balaban J connectivity index is 1.99. The Bertz CT molecular complexity index is 337. The molecule has 1 fully saturated rings. The van der Waals surface area contributed by atoms with Crippen LogP contribution in [-0.4, -0.2) is 12.5 Å². The molecule has 1 saturated heterocycles. The molecule has 1 atom stereocenters. The minimum atomic E-state index is 0.151. The van der Waals surface area contributed by atoms with Crippen LogP contribution in [0.25, 0.3) is 0 Å². The number of amides is 1. The molecule has 1 aliphatic rings. The van der Waals surface area contributed by atoms with Crippen molar-refractivity contribution in [3.05, 3.63) is 21.3 Å². The predicted molar refractivity (Wildman–Crippen MR) is 58.8 cm³/mol. The van der Waals surface area contributed by atoms with Crippen molar-refractivity contribution in [3.63, 3.8) is 0 Å². The number of halogens is 1. The summed E-state index contributed by atoms with van der Waals surface area (Å²) in [5.74, 6) is 0.347. The molecule has 0 aromatic carbocycles. The zero-order valence-corrected chi connectivity index (χ0v) is 9.33. The average Bonchev–Trinajstić information content (AvgIpc) is 2.56. The Morgan fingerprint density at radius 3 is 3.07 bits per heavy atom. The Hall–Kier alpha value is -0.540. The molecule has 1 unspecified atom stereocenters. The maximum absolute atomic E-state index is 11.5. The fourth-order valence-corrected chi connectivity index (χ4v) is 2.90. The molecule has 0 spiro atoms. The van der Waals surface area contributed by atoms with Crippen LogP contribution < -0.4 is 5.32 Å². The summed E-state index contributed by atoms with van der Waals surface area (Å²) in [5.41, 5.74) is 0. The lowest BCUT2D eigenvalue weighted by Gasteiger charge is -2.20. The molecule has 1 aromatic heterocycles. The first-order valence-electron chi connectivity index (χ1n) is 4.77. The van der Waals surface area contributed by atoms with E-state index in [9.17, 15) is 4.79 Å². The highest BCUT2D eigenvalue weighted by molar-refractivity contribution is 7.16. The van der Waals surface area contributed by atoms with Gasteiger partial charge in [-0.2, -0.15) is 0 Å². The maximum atomic E-state index is 11.5. The minimum absolute atomic E-state index is 0.151. The second-order valence-corrected chi connectivity index (χ2v) is 5.34. The van der Waals surface area contributed by atoms with Crippen LogP contribution in [0.15, 0.2) is 12.1 Å².